The fourth-order valence-electron chi connectivity index (χ4n) is 1.89. The van der Waals surface area contributed by atoms with Crippen LogP contribution in [0, 0.1) is 0 Å². The van der Waals surface area contributed by atoms with Crippen LogP contribution in [-0.2, 0) is 23.8 Å². The Bertz CT molecular complexity index is 303. The molecule has 0 aromatic carbocycles. The maximum atomic E-state index is 11.0. The molecule has 0 heterocycles. The molecule has 0 radical (unpaired) electrons. The van der Waals surface area contributed by atoms with Crippen LogP contribution in [0.4, 0.5) is 0 Å². The van der Waals surface area contributed by atoms with E-state index in [1.54, 1.807) is 7.11 Å². The van der Waals surface area contributed by atoms with E-state index >= 15 is 0 Å². The van der Waals surface area contributed by atoms with E-state index in [1.807, 2.05) is 6.92 Å². The highest BCUT2D eigenvalue weighted by Crippen LogP contribution is 2.33. The van der Waals surface area contributed by atoms with E-state index in [4.69, 9.17) is 13.7 Å². The van der Waals surface area contributed by atoms with Crippen molar-refractivity contribution >= 4 is 10.1 Å². The van der Waals surface area contributed by atoms with Crippen LogP contribution in [0.15, 0.2) is 0 Å². The van der Waals surface area contributed by atoms with E-state index in [-0.39, 0.29) is 18.5 Å². The Morgan fingerprint density at radius 2 is 1.88 bits per heavy atom. The molecule has 0 saturated heterocycles. The molecule has 0 unspecified atom stereocenters. The first-order valence-electron chi connectivity index (χ1n) is 5.36. The van der Waals surface area contributed by atoms with Crippen LogP contribution in [0.2, 0.25) is 0 Å². The highest BCUT2D eigenvalue weighted by Gasteiger charge is 2.33. The van der Waals surface area contributed by atoms with Crippen LogP contribution in [-0.4, -0.2) is 40.3 Å². The lowest BCUT2D eigenvalue weighted by molar-refractivity contribution is -0.143. The smallest absolute Gasteiger partial charge is 0.264 e. The summed E-state index contributed by atoms with van der Waals surface area (Å²) in [6.07, 6.45) is 3.87. The van der Waals surface area contributed by atoms with E-state index < -0.39 is 10.1 Å². The Labute approximate surface area is 97.2 Å². The minimum Gasteiger partial charge on any atom is -0.359 e. The average molecular weight is 252 g/mol. The van der Waals surface area contributed by atoms with Gasteiger partial charge in [-0.2, -0.15) is 8.42 Å². The Hall–Kier alpha value is -0.170. The third-order valence-electron chi connectivity index (χ3n) is 2.83. The van der Waals surface area contributed by atoms with Gasteiger partial charge >= 0.3 is 0 Å². The van der Waals surface area contributed by atoms with Gasteiger partial charge in [-0.15, -0.1) is 0 Å². The summed E-state index contributed by atoms with van der Waals surface area (Å²) in [5.74, 6) is 0. The Kier molecular flexibility index (Phi) is 4.73. The van der Waals surface area contributed by atoms with Crippen molar-refractivity contribution < 1.29 is 22.1 Å². The van der Waals surface area contributed by atoms with Crippen LogP contribution in [0.25, 0.3) is 0 Å². The summed E-state index contributed by atoms with van der Waals surface area (Å²) in [4.78, 5) is 0. The van der Waals surface area contributed by atoms with Gasteiger partial charge in [-0.1, -0.05) is 0 Å². The van der Waals surface area contributed by atoms with Crippen molar-refractivity contribution in [3.8, 4) is 0 Å². The van der Waals surface area contributed by atoms with Gasteiger partial charge in [0, 0.05) is 7.11 Å². The second kappa shape index (κ2) is 5.44. The number of hydrogen-bond acceptors (Lipinski definition) is 5. The van der Waals surface area contributed by atoms with Gasteiger partial charge in [0.25, 0.3) is 10.1 Å². The zero-order chi connectivity index (χ0) is 12.2. The Morgan fingerprint density at radius 3 is 2.31 bits per heavy atom. The summed E-state index contributed by atoms with van der Waals surface area (Å²) in [5, 5.41) is 0. The summed E-state index contributed by atoms with van der Waals surface area (Å²) in [7, 11) is -1.76. The van der Waals surface area contributed by atoms with Crippen LogP contribution in [0.1, 0.15) is 32.6 Å². The first kappa shape index (κ1) is 13.9. The van der Waals surface area contributed by atoms with Crippen molar-refractivity contribution in [3.05, 3.63) is 0 Å². The van der Waals surface area contributed by atoms with Crippen LogP contribution in [0.3, 0.4) is 0 Å². The molecule has 0 aromatic rings. The van der Waals surface area contributed by atoms with E-state index in [0.717, 1.165) is 19.1 Å². The standard InChI is InChI=1S/C10H20O5S/c1-10(14-8-13-2)6-4-9(5-7-10)15-16(3,11)12/h9H,4-8H2,1-3H3. The first-order valence-corrected chi connectivity index (χ1v) is 7.17. The molecule has 0 N–H and O–H groups in total. The minimum absolute atomic E-state index is 0.200. The average Bonchev–Trinajstić information content (AvgIpc) is 2.17. The molecule has 1 aliphatic rings. The summed E-state index contributed by atoms with van der Waals surface area (Å²) in [6, 6.07) is 0. The zero-order valence-corrected chi connectivity index (χ0v) is 10.9. The lowest BCUT2D eigenvalue weighted by Crippen LogP contribution is -2.37. The topological polar surface area (TPSA) is 61.8 Å². The number of ether oxygens (including phenoxy) is 2. The molecule has 1 saturated carbocycles. The van der Waals surface area contributed by atoms with Gasteiger partial charge in [0.05, 0.1) is 18.0 Å². The maximum Gasteiger partial charge on any atom is 0.264 e. The van der Waals surface area contributed by atoms with Crippen molar-refractivity contribution in [2.45, 2.75) is 44.3 Å². The molecule has 1 aliphatic carbocycles. The Morgan fingerprint density at radius 1 is 1.31 bits per heavy atom. The molecule has 0 amide bonds. The van der Waals surface area contributed by atoms with Crippen LogP contribution in [0.5, 0.6) is 0 Å². The largest absolute Gasteiger partial charge is 0.359 e. The number of hydrogen-bond donors (Lipinski definition) is 0. The van der Waals surface area contributed by atoms with E-state index in [1.165, 1.54) is 0 Å². The van der Waals surface area contributed by atoms with Crippen molar-refractivity contribution in [2.24, 2.45) is 0 Å². The molecule has 96 valence electrons. The van der Waals surface area contributed by atoms with Gasteiger partial charge in [-0.05, 0) is 32.6 Å². The highest BCUT2D eigenvalue weighted by molar-refractivity contribution is 7.86. The molecule has 1 fully saturated rings. The van der Waals surface area contributed by atoms with Gasteiger partial charge < -0.3 is 9.47 Å². The van der Waals surface area contributed by atoms with Crippen molar-refractivity contribution in [3.63, 3.8) is 0 Å². The van der Waals surface area contributed by atoms with Gasteiger partial charge in [0.15, 0.2) is 0 Å². The van der Waals surface area contributed by atoms with Crippen LogP contribution >= 0.6 is 0 Å². The third-order valence-corrected chi connectivity index (χ3v) is 3.45. The Balaban J connectivity index is 2.38. The third kappa shape index (κ3) is 4.78. The lowest BCUT2D eigenvalue weighted by atomic mass is 9.85. The highest BCUT2D eigenvalue weighted by atomic mass is 32.2. The minimum atomic E-state index is -3.34. The zero-order valence-electron chi connectivity index (χ0n) is 10.1. The predicted molar refractivity (Wildman–Crippen MR) is 59.6 cm³/mol. The second-order valence-electron chi connectivity index (χ2n) is 4.50. The molecule has 0 aliphatic heterocycles. The number of methoxy groups -OCH3 is 1. The molecular formula is C10H20O5S. The summed E-state index contributed by atoms with van der Waals surface area (Å²) >= 11 is 0. The van der Waals surface area contributed by atoms with Gasteiger partial charge in [0.1, 0.15) is 6.79 Å². The molecular weight excluding hydrogens is 232 g/mol. The van der Waals surface area contributed by atoms with Crippen molar-refractivity contribution in [2.75, 3.05) is 20.2 Å². The normalized spacial score (nSPS) is 31.6. The van der Waals surface area contributed by atoms with Crippen LogP contribution < -0.4 is 0 Å². The number of rotatable bonds is 5. The van der Waals surface area contributed by atoms with E-state index in [0.29, 0.717) is 12.8 Å². The van der Waals surface area contributed by atoms with Gasteiger partial charge in [-0.25, -0.2) is 0 Å². The van der Waals surface area contributed by atoms with E-state index in [9.17, 15) is 8.42 Å². The fourth-order valence-corrected chi connectivity index (χ4v) is 2.58. The first-order chi connectivity index (χ1) is 7.35. The second-order valence-corrected chi connectivity index (χ2v) is 6.10. The molecule has 0 spiro atoms. The molecule has 16 heavy (non-hydrogen) atoms. The maximum absolute atomic E-state index is 11.0. The van der Waals surface area contributed by atoms with Gasteiger partial charge in [-0.3, -0.25) is 4.18 Å². The fraction of sp³-hybridized carbons (Fsp3) is 1.00. The molecule has 0 bridgehead atoms. The SMILES string of the molecule is COCOC1(C)CCC(OS(C)(=O)=O)CC1. The molecule has 1 rings (SSSR count). The summed E-state index contributed by atoms with van der Waals surface area (Å²) in [5.41, 5.74) is -0.215. The predicted octanol–water partition coefficient (Wildman–Crippen LogP) is 1.28. The quantitative estimate of drug-likeness (QED) is 0.545. The van der Waals surface area contributed by atoms with Gasteiger partial charge in [0.2, 0.25) is 0 Å². The summed E-state index contributed by atoms with van der Waals surface area (Å²) in [6.45, 7) is 2.29. The van der Waals surface area contributed by atoms with Crippen molar-refractivity contribution in [1.29, 1.82) is 0 Å². The molecule has 5 nitrogen and oxygen atoms in total. The monoisotopic (exact) mass is 252 g/mol. The summed E-state index contributed by atoms with van der Waals surface area (Å²) < 4.78 is 37.3. The lowest BCUT2D eigenvalue weighted by Gasteiger charge is -2.36. The molecule has 0 aromatic heterocycles. The molecule has 0 atom stereocenters. The van der Waals surface area contributed by atoms with E-state index in [2.05, 4.69) is 0 Å². The molecule has 6 heteroatoms. The van der Waals surface area contributed by atoms with Crippen molar-refractivity contribution in [1.82, 2.24) is 0 Å².